The summed E-state index contributed by atoms with van der Waals surface area (Å²) in [6.45, 7) is 14.2. The third-order valence-electron chi connectivity index (χ3n) is 7.96. The van der Waals surface area contributed by atoms with Crippen LogP contribution in [0.4, 0.5) is 0 Å². The molecule has 1 N–H and O–H groups in total. The third kappa shape index (κ3) is 5.69. The molecule has 8 nitrogen and oxygen atoms in total. The molecule has 2 bridgehead atoms. The second kappa shape index (κ2) is 13.4. The van der Waals surface area contributed by atoms with Crippen LogP contribution in [0.15, 0.2) is 25.3 Å². The Morgan fingerprint density at radius 1 is 1.08 bits per heavy atom. The molecule has 37 heavy (non-hydrogen) atoms. The first-order chi connectivity index (χ1) is 17.8. The van der Waals surface area contributed by atoms with E-state index >= 15 is 0 Å². The second-order valence-electron chi connectivity index (χ2n) is 10.5. The summed E-state index contributed by atoms with van der Waals surface area (Å²) in [5.41, 5.74) is -1.04. The van der Waals surface area contributed by atoms with Crippen molar-refractivity contribution in [3.8, 4) is 0 Å². The number of aliphatic hydroxyl groups excluding tert-OH is 1. The molecule has 3 aliphatic rings. The van der Waals surface area contributed by atoms with Gasteiger partial charge in [-0.15, -0.1) is 13.2 Å². The molecule has 0 aliphatic carbocycles. The minimum absolute atomic E-state index is 0.0935. The number of unbranched alkanes of at least 4 members (excludes halogenated alkanes) is 3. The highest BCUT2D eigenvalue weighted by Gasteiger charge is 2.76. The zero-order valence-electron chi connectivity index (χ0n) is 22.4. The Morgan fingerprint density at radius 2 is 1.76 bits per heavy atom. The average molecular weight is 583 g/mol. The fourth-order valence-electron chi connectivity index (χ4n) is 6.40. The number of hydrogen-bond acceptors (Lipinski definition) is 5. The quantitative estimate of drug-likeness (QED) is 0.172. The van der Waals surface area contributed by atoms with Gasteiger partial charge in [-0.3, -0.25) is 14.4 Å². The molecule has 9 heteroatoms. The van der Waals surface area contributed by atoms with Gasteiger partial charge in [-0.25, -0.2) is 0 Å². The van der Waals surface area contributed by atoms with Gasteiger partial charge in [0.25, 0.3) is 0 Å². The van der Waals surface area contributed by atoms with Gasteiger partial charge in [0.15, 0.2) is 0 Å². The van der Waals surface area contributed by atoms with Gasteiger partial charge in [-0.1, -0.05) is 48.4 Å². The van der Waals surface area contributed by atoms with Crippen molar-refractivity contribution in [3.05, 3.63) is 25.3 Å². The zero-order valence-corrected chi connectivity index (χ0v) is 24.0. The Labute approximate surface area is 230 Å². The topological polar surface area (TPSA) is 90.4 Å². The number of halogens is 1. The van der Waals surface area contributed by atoms with Crippen molar-refractivity contribution in [2.75, 3.05) is 39.3 Å². The lowest BCUT2D eigenvalue weighted by molar-refractivity contribution is -0.148. The van der Waals surface area contributed by atoms with Crippen LogP contribution in [0.3, 0.4) is 0 Å². The van der Waals surface area contributed by atoms with E-state index in [1.807, 2.05) is 6.92 Å². The highest BCUT2D eigenvalue weighted by atomic mass is 79.9. The van der Waals surface area contributed by atoms with Crippen LogP contribution in [0, 0.1) is 11.8 Å². The van der Waals surface area contributed by atoms with Crippen LogP contribution in [0.25, 0.3) is 0 Å². The first kappa shape index (κ1) is 29.8. The van der Waals surface area contributed by atoms with E-state index in [2.05, 4.69) is 36.0 Å². The van der Waals surface area contributed by atoms with Crippen molar-refractivity contribution in [2.45, 2.75) is 81.4 Å². The molecule has 3 fully saturated rings. The number of aliphatic hydroxyl groups is 1. The largest absolute Gasteiger partial charge is 0.396 e. The molecule has 0 aromatic rings. The average Bonchev–Trinajstić information content (AvgIpc) is 3.47. The van der Waals surface area contributed by atoms with Crippen LogP contribution < -0.4 is 0 Å². The van der Waals surface area contributed by atoms with Gasteiger partial charge >= 0.3 is 0 Å². The molecule has 0 radical (unpaired) electrons. The van der Waals surface area contributed by atoms with Gasteiger partial charge in [-0.2, -0.15) is 0 Å². The maximum absolute atomic E-state index is 14.2. The summed E-state index contributed by atoms with van der Waals surface area (Å²) in [5, 5.41) is 9.22. The summed E-state index contributed by atoms with van der Waals surface area (Å²) in [4.78, 5) is 47.3. The van der Waals surface area contributed by atoms with E-state index in [0.717, 1.165) is 25.7 Å². The highest BCUT2D eigenvalue weighted by Crippen LogP contribution is 2.60. The molecule has 3 unspecified atom stereocenters. The van der Waals surface area contributed by atoms with Gasteiger partial charge in [0, 0.05) is 44.2 Å². The third-order valence-corrected chi connectivity index (χ3v) is 8.81. The Balaban J connectivity index is 2.01. The molecule has 3 aliphatic heterocycles. The number of ether oxygens (including phenoxy) is 1. The van der Waals surface area contributed by atoms with Crippen molar-refractivity contribution in [2.24, 2.45) is 11.8 Å². The second-order valence-corrected chi connectivity index (χ2v) is 11.7. The van der Waals surface area contributed by atoms with Crippen LogP contribution >= 0.6 is 15.9 Å². The van der Waals surface area contributed by atoms with Crippen molar-refractivity contribution < 1.29 is 24.2 Å². The van der Waals surface area contributed by atoms with E-state index in [4.69, 9.17) is 4.74 Å². The Kier molecular flexibility index (Phi) is 10.8. The summed E-state index contributed by atoms with van der Waals surface area (Å²) < 4.78 is 6.63. The van der Waals surface area contributed by atoms with E-state index in [1.165, 1.54) is 0 Å². The molecule has 0 saturated carbocycles. The molecule has 3 rings (SSSR count). The summed E-state index contributed by atoms with van der Waals surface area (Å²) in [6.07, 6.45) is 8.14. The number of alkyl halides is 1. The molecule has 0 aromatic carbocycles. The van der Waals surface area contributed by atoms with Crippen molar-refractivity contribution in [1.82, 2.24) is 14.7 Å². The van der Waals surface area contributed by atoms with E-state index < -0.39 is 29.6 Å². The Bertz CT molecular complexity index is 854. The first-order valence-corrected chi connectivity index (χ1v) is 14.8. The number of amides is 3. The monoisotopic (exact) mass is 581 g/mol. The molecule has 6 atom stereocenters. The summed E-state index contributed by atoms with van der Waals surface area (Å²) >= 11 is 3.75. The number of carbonyl (C=O) groups excluding carboxylic acids is 3. The Hall–Kier alpha value is -1.71. The molecule has 3 saturated heterocycles. The number of carbonyl (C=O) groups is 3. The van der Waals surface area contributed by atoms with Crippen LogP contribution in [-0.2, 0) is 19.1 Å². The van der Waals surface area contributed by atoms with E-state index in [9.17, 15) is 19.5 Å². The highest BCUT2D eigenvalue weighted by molar-refractivity contribution is 9.09. The predicted octanol–water partition coefficient (Wildman–Crippen LogP) is 3.14. The standard InChI is InChI=1S/C28H44BrN3O5/c1-5-9-16-31(15-8-4)27(36)24-28-19-20(29)23(37-28)21(25(34)30(13-6-2)14-7-3)22(28)26(35)32(24)17-11-10-12-18-33/h6,8,20-24,33H,2,4-5,7,9-19H2,1,3H3/t20?,21-,22+,23-,24?,28?/m1/s1. The van der Waals surface area contributed by atoms with Gasteiger partial charge < -0.3 is 24.5 Å². The molecule has 1 spiro atoms. The lowest BCUT2D eigenvalue weighted by Gasteiger charge is -2.37. The molecular formula is C28H44BrN3O5. The maximum Gasteiger partial charge on any atom is 0.248 e. The summed E-state index contributed by atoms with van der Waals surface area (Å²) in [7, 11) is 0. The minimum Gasteiger partial charge on any atom is -0.396 e. The lowest BCUT2D eigenvalue weighted by atomic mass is 9.70. The maximum atomic E-state index is 14.2. The normalized spacial score (nSPS) is 29.9. The van der Waals surface area contributed by atoms with Crippen molar-refractivity contribution in [1.29, 1.82) is 0 Å². The number of nitrogens with zero attached hydrogens (tertiary/aromatic N) is 3. The Morgan fingerprint density at radius 3 is 2.35 bits per heavy atom. The van der Waals surface area contributed by atoms with Crippen LogP contribution in [-0.4, -0.2) is 99.4 Å². The van der Waals surface area contributed by atoms with Crippen LogP contribution in [0.2, 0.25) is 0 Å². The van der Waals surface area contributed by atoms with E-state index in [-0.39, 0.29) is 29.2 Å². The number of hydrogen-bond donors (Lipinski definition) is 1. The smallest absolute Gasteiger partial charge is 0.248 e. The van der Waals surface area contributed by atoms with Gasteiger partial charge in [-0.05, 0) is 38.5 Å². The molecule has 208 valence electrons. The van der Waals surface area contributed by atoms with E-state index in [0.29, 0.717) is 52.0 Å². The van der Waals surface area contributed by atoms with Crippen molar-refractivity contribution >= 4 is 33.7 Å². The molecule has 0 aromatic heterocycles. The predicted molar refractivity (Wildman–Crippen MR) is 147 cm³/mol. The molecular weight excluding hydrogens is 538 g/mol. The SMILES string of the molecule is C=CCN(CCCC)C(=O)C1N(CCCCCO)C(=O)[C@@H]2[C@@H](C(=O)N(CC=C)CCC)[C@@H]3OC12CC3Br. The van der Waals surface area contributed by atoms with Gasteiger partial charge in [0.1, 0.15) is 11.6 Å². The van der Waals surface area contributed by atoms with Crippen LogP contribution in [0.5, 0.6) is 0 Å². The fraction of sp³-hybridized carbons (Fsp3) is 0.750. The summed E-state index contributed by atoms with van der Waals surface area (Å²) in [5.74, 6) is -1.72. The van der Waals surface area contributed by atoms with Gasteiger partial charge in [0.2, 0.25) is 17.7 Å². The number of likely N-dealkylation sites (tertiary alicyclic amines) is 1. The summed E-state index contributed by atoms with van der Waals surface area (Å²) in [6, 6.07) is -0.780. The lowest BCUT2D eigenvalue weighted by Crippen LogP contribution is -2.57. The zero-order chi connectivity index (χ0) is 27.2. The molecule has 3 amide bonds. The van der Waals surface area contributed by atoms with Crippen LogP contribution in [0.1, 0.15) is 58.8 Å². The van der Waals surface area contributed by atoms with Crippen molar-refractivity contribution in [3.63, 3.8) is 0 Å². The van der Waals surface area contributed by atoms with Gasteiger partial charge in [0.05, 0.1) is 17.9 Å². The molecule has 3 heterocycles. The number of fused-ring (bicyclic) bond motifs is 1. The number of rotatable bonds is 16. The minimum atomic E-state index is -1.04. The fourth-order valence-corrected chi connectivity index (χ4v) is 7.34. The van der Waals surface area contributed by atoms with E-state index in [1.54, 1.807) is 26.9 Å². The first-order valence-electron chi connectivity index (χ1n) is 13.8.